The predicted octanol–water partition coefficient (Wildman–Crippen LogP) is 3.69. The third-order valence-electron chi connectivity index (χ3n) is 5.11. The number of ether oxygens (including phenoxy) is 3. The minimum atomic E-state index is -0.0334. The third-order valence-corrected chi connectivity index (χ3v) is 5.11. The van der Waals surface area contributed by atoms with Crippen molar-refractivity contribution < 1.29 is 19.3 Å². The van der Waals surface area contributed by atoms with Gasteiger partial charge in [-0.2, -0.15) is 0 Å². The average molecular weight is 555 g/mol. The van der Waals surface area contributed by atoms with Crippen molar-refractivity contribution in [1.82, 2.24) is 10.2 Å². The molecule has 0 radical (unpaired) electrons. The molecule has 0 aliphatic carbocycles. The first-order valence-corrected chi connectivity index (χ1v) is 10.9. The molecule has 7 nitrogen and oxygen atoms in total. The number of hydrogen-bond donors (Lipinski definition) is 2. The van der Waals surface area contributed by atoms with E-state index in [2.05, 4.69) is 17.1 Å². The number of guanidine groups is 1. The van der Waals surface area contributed by atoms with Gasteiger partial charge >= 0.3 is 0 Å². The maximum absolute atomic E-state index is 8.95. The zero-order valence-corrected chi connectivity index (χ0v) is 21.2. The second kappa shape index (κ2) is 14.1. The second-order valence-electron chi connectivity index (χ2n) is 7.34. The first-order chi connectivity index (χ1) is 15.2. The van der Waals surface area contributed by atoms with Crippen molar-refractivity contribution in [2.45, 2.75) is 32.4 Å². The molecule has 32 heavy (non-hydrogen) atoms. The molecule has 0 atom stereocenters. The Kier molecular flexibility index (Phi) is 11.4. The van der Waals surface area contributed by atoms with Crippen LogP contribution in [0.3, 0.4) is 0 Å². The largest absolute Gasteiger partial charge is 0.493 e. The fraction of sp³-hybridized carbons (Fsp3) is 0.458. The first kappa shape index (κ1) is 26.1. The summed E-state index contributed by atoms with van der Waals surface area (Å²) in [6.45, 7) is 5.45. The lowest BCUT2D eigenvalue weighted by atomic mass is 10.1. The summed E-state index contributed by atoms with van der Waals surface area (Å²) in [5, 5.41) is 12.4. The summed E-state index contributed by atoms with van der Waals surface area (Å²) in [4.78, 5) is 7.13. The fourth-order valence-corrected chi connectivity index (χ4v) is 3.55. The van der Waals surface area contributed by atoms with E-state index >= 15 is 0 Å². The molecule has 1 heterocycles. The molecule has 0 saturated carbocycles. The van der Waals surface area contributed by atoms with Crippen LogP contribution < -0.4 is 19.5 Å². The number of benzene rings is 2. The topological polar surface area (TPSA) is 75.6 Å². The Balaban J connectivity index is 0.00000363. The van der Waals surface area contributed by atoms with Crippen LogP contribution in [0.5, 0.6) is 17.2 Å². The quantitative estimate of drug-likeness (QED) is 0.280. The summed E-state index contributed by atoms with van der Waals surface area (Å²) >= 11 is 0. The van der Waals surface area contributed by atoms with Crippen LogP contribution in [0, 0.1) is 0 Å². The van der Waals surface area contributed by atoms with Gasteiger partial charge in [0.15, 0.2) is 17.5 Å². The fourth-order valence-electron chi connectivity index (χ4n) is 3.55. The van der Waals surface area contributed by atoms with Crippen molar-refractivity contribution >= 4 is 29.9 Å². The number of halogens is 1. The molecule has 3 rings (SSSR count). The molecule has 8 heteroatoms. The number of methoxy groups -OCH3 is 1. The molecule has 0 unspecified atom stereocenters. The van der Waals surface area contributed by atoms with Crippen molar-refractivity contribution in [2.75, 3.05) is 40.0 Å². The van der Waals surface area contributed by atoms with E-state index in [0.717, 1.165) is 49.7 Å². The highest BCUT2D eigenvalue weighted by Gasteiger charge is 2.22. The molecular formula is C24H34IN3O4. The Morgan fingerprint density at radius 1 is 1.12 bits per heavy atom. The van der Waals surface area contributed by atoms with E-state index in [0.29, 0.717) is 18.0 Å². The van der Waals surface area contributed by atoms with Crippen LogP contribution in [0.15, 0.2) is 53.5 Å². The Morgan fingerprint density at radius 3 is 2.53 bits per heavy atom. The van der Waals surface area contributed by atoms with Crippen LogP contribution in [0.1, 0.15) is 25.3 Å². The van der Waals surface area contributed by atoms with E-state index in [9.17, 15) is 0 Å². The highest BCUT2D eigenvalue weighted by molar-refractivity contribution is 14.0. The minimum absolute atomic E-state index is 0. The van der Waals surface area contributed by atoms with Crippen molar-refractivity contribution in [1.29, 1.82) is 0 Å². The molecule has 1 aliphatic rings. The van der Waals surface area contributed by atoms with E-state index in [4.69, 9.17) is 24.3 Å². The number of aliphatic imine (C=N–C) groups is 1. The second-order valence-corrected chi connectivity index (χ2v) is 7.34. The smallest absolute Gasteiger partial charge is 0.194 e. The number of aliphatic hydroxyl groups excluding tert-OH is 1. The molecule has 1 saturated heterocycles. The lowest BCUT2D eigenvalue weighted by Crippen LogP contribution is -2.47. The molecule has 1 fully saturated rings. The summed E-state index contributed by atoms with van der Waals surface area (Å²) in [5.74, 6) is 3.11. The van der Waals surface area contributed by atoms with Gasteiger partial charge in [0.25, 0.3) is 0 Å². The van der Waals surface area contributed by atoms with Crippen molar-refractivity contribution in [3.63, 3.8) is 0 Å². The van der Waals surface area contributed by atoms with Crippen LogP contribution >= 0.6 is 24.0 Å². The summed E-state index contributed by atoms with van der Waals surface area (Å²) in [6.07, 6.45) is 2.16. The van der Waals surface area contributed by atoms with Gasteiger partial charge in [-0.15, -0.1) is 24.0 Å². The van der Waals surface area contributed by atoms with Crippen molar-refractivity contribution in [3.05, 3.63) is 54.1 Å². The van der Waals surface area contributed by atoms with Gasteiger partial charge in [0.2, 0.25) is 0 Å². The lowest BCUT2D eigenvalue weighted by Gasteiger charge is -2.34. The Hall–Kier alpha value is -2.20. The molecule has 0 amide bonds. The van der Waals surface area contributed by atoms with Gasteiger partial charge in [-0.05, 0) is 36.8 Å². The van der Waals surface area contributed by atoms with Gasteiger partial charge in [0.1, 0.15) is 18.5 Å². The van der Waals surface area contributed by atoms with Gasteiger partial charge in [0.05, 0.1) is 20.3 Å². The third kappa shape index (κ3) is 7.74. The van der Waals surface area contributed by atoms with Gasteiger partial charge in [-0.3, -0.25) is 0 Å². The first-order valence-electron chi connectivity index (χ1n) is 10.9. The zero-order chi connectivity index (χ0) is 21.9. The molecule has 2 aromatic carbocycles. The number of likely N-dealkylation sites (tertiary alicyclic amines) is 1. The van der Waals surface area contributed by atoms with E-state index in [-0.39, 0.29) is 43.3 Å². The molecule has 0 bridgehead atoms. The number of aliphatic hydroxyl groups is 1. The summed E-state index contributed by atoms with van der Waals surface area (Å²) < 4.78 is 17.0. The summed E-state index contributed by atoms with van der Waals surface area (Å²) in [6, 6.07) is 15.8. The maximum atomic E-state index is 8.95. The highest BCUT2D eigenvalue weighted by atomic mass is 127. The normalized spacial score (nSPS) is 14.5. The zero-order valence-electron chi connectivity index (χ0n) is 18.8. The number of para-hydroxylation sites is 1. The van der Waals surface area contributed by atoms with Gasteiger partial charge in [-0.1, -0.05) is 24.3 Å². The molecule has 176 valence electrons. The number of piperidine rings is 1. The van der Waals surface area contributed by atoms with Crippen LogP contribution in [-0.4, -0.2) is 62.0 Å². The summed E-state index contributed by atoms with van der Waals surface area (Å²) in [7, 11) is 1.61. The Bertz CT molecular complexity index is 827. The Labute approximate surface area is 207 Å². The van der Waals surface area contributed by atoms with E-state index in [1.54, 1.807) is 7.11 Å². The standard InChI is InChI=1S/C24H33N3O4.HI/c1-3-25-24(26-18-19-9-10-22(30-16-15-28)23(17-19)29-2)27-13-11-21(12-14-27)31-20-7-5-4-6-8-20;/h4-10,17,21,28H,3,11-16,18H2,1-2H3,(H,25,26);1H. The van der Waals surface area contributed by atoms with E-state index < -0.39 is 0 Å². The van der Waals surface area contributed by atoms with Crippen molar-refractivity contribution in [2.24, 2.45) is 4.99 Å². The van der Waals surface area contributed by atoms with Crippen LogP contribution in [-0.2, 0) is 6.54 Å². The molecule has 2 aromatic rings. The Morgan fingerprint density at radius 2 is 1.88 bits per heavy atom. The minimum Gasteiger partial charge on any atom is -0.493 e. The van der Waals surface area contributed by atoms with Crippen LogP contribution in [0.4, 0.5) is 0 Å². The molecule has 0 spiro atoms. The molecule has 2 N–H and O–H groups in total. The number of nitrogens with zero attached hydrogens (tertiary/aromatic N) is 2. The average Bonchev–Trinajstić information content (AvgIpc) is 2.82. The van der Waals surface area contributed by atoms with E-state index in [1.165, 1.54) is 0 Å². The maximum Gasteiger partial charge on any atom is 0.194 e. The van der Waals surface area contributed by atoms with Crippen LogP contribution in [0.25, 0.3) is 0 Å². The highest BCUT2D eigenvalue weighted by Crippen LogP contribution is 2.28. The van der Waals surface area contributed by atoms with E-state index in [1.807, 2.05) is 48.5 Å². The lowest BCUT2D eigenvalue weighted by molar-refractivity contribution is 0.129. The molecular weight excluding hydrogens is 521 g/mol. The number of nitrogens with one attached hydrogen (secondary N) is 1. The van der Waals surface area contributed by atoms with Crippen LogP contribution in [0.2, 0.25) is 0 Å². The number of hydrogen-bond acceptors (Lipinski definition) is 5. The predicted molar refractivity (Wildman–Crippen MR) is 137 cm³/mol. The number of rotatable bonds is 9. The summed E-state index contributed by atoms with van der Waals surface area (Å²) in [5.41, 5.74) is 1.03. The van der Waals surface area contributed by atoms with Gasteiger partial charge in [-0.25, -0.2) is 4.99 Å². The monoisotopic (exact) mass is 555 g/mol. The van der Waals surface area contributed by atoms with Gasteiger partial charge in [0, 0.05) is 32.5 Å². The molecule has 1 aliphatic heterocycles. The van der Waals surface area contributed by atoms with Crippen molar-refractivity contribution in [3.8, 4) is 17.2 Å². The molecule has 0 aromatic heterocycles. The van der Waals surface area contributed by atoms with Gasteiger partial charge < -0.3 is 29.5 Å². The SMILES string of the molecule is CCNC(=NCc1ccc(OCCO)c(OC)c1)N1CCC(Oc2ccccc2)CC1.I.